The fraction of sp³-hybridized carbons (Fsp3) is 0.333. The summed E-state index contributed by atoms with van der Waals surface area (Å²) in [5.74, 6) is 1.80. The lowest BCUT2D eigenvalue weighted by Gasteiger charge is -2.04. The smallest absolute Gasteiger partial charge is 0.312 e. The van der Waals surface area contributed by atoms with Crippen LogP contribution in [0.4, 0.5) is 5.69 Å². The first-order valence-electron chi connectivity index (χ1n) is 8.91. The van der Waals surface area contributed by atoms with Crippen LogP contribution in [0, 0.1) is 30.9 Å². The molecule has 0 bridgehead atoms. The molecule has 152 valence electrons. The minimum atomic E-state index is -0.410. The first kappa shape index (κ1) is 20.5. The van der Waals surface area contributed by atoms with Gasteiger partial charge < -0.3 is 4.74 Å². The highest BCUT2D eigenvalue weighted by molar-refractivity contribution is 7.98. The molecule has 0 fully saturated rings. The normalized spacial score (nSPS) is 11.3. The van der Waals surface area contributed by atoms with Crippen LogP contribution < -0.4 is 4.74 Å². The van der Waals surface area contributed by atoms with Gasteiger partial charge in [-0.25, -0.2) is 0 Å². The van der Waals surface area contributed by atoms with Gasteiger partial charge in [0.05, 0.1) is 23.6 Å². The van der Waals surface area contributed by atoms with Crippen LogP contribution in [0.5, 0.6) is 5.75 Å². The first-order chi connectivity index (χ1) is 13.9. The molecule has 0 radical (unpaired) electrons. The zero-order valence-corrected chi connectivity index (χ0v) is 17.4. The molecule has 2 heterocycles. The molecule has 0 saturated heterocycles. The number of thioether (sulfide) groups is 1. The molecule has 3 aromatic rings. The van der Waals surface area contributed by atoms with Gasteiger partial charge in [0.25, 0.3) is 0 Å². The van der Waals surface area contributed by atoms with E-state index in [0.717, 1.165) is 11.3 Å². The fourth-order valence-corrected chi connectivity index (χ4v) is 3.59. The van der Waals surface area contributed by atoms with Crippen molar-refractivity contribution in [3.8, 4) is 5.75 Å². The van der Waals surface area contributed by atoms with Gasteiger partial charge in [-0.05, 0) is 57.5 Å². The summed E-state index contributed by atoms with van der Waals surface area (Å²) < 4.78 is 8.65. The summed E-state index contributed by atoms with van der Waals surface area (Å²) in [6.45, 7) is 7.67. The molecule has 0 aliphatic carbocycles. The number of rotatable bonds is 8. The van der Waals surface area contributed by atoms with E-state index in [0.29, 0.717) is 34.9 Å². The average molecular weight is 415 g/mol. The van der Waals surface area contributed by atoms with Crippen LogP contribution in [0.15, 0.2) is 34.5 Å². The van der Waals surface area contributed by atoms with E-state index in [1.807, 2.05) is 31.2 Å². The highest BCUT2D eigenvalue weighted by Gasteiger charge is 2.22. The minimum absolute atomic E-state index is 0.0387. The van der Waals surface area contributed by atoms with E-state index in [2.05, 4.69) is 20.4 Å². The van der Waals surface area contributed by atoms with Gasteiger partial charge in [0, 0.05) is 0 Å². The van der Waals surface area contributed by atoms with E-state index >= 15 is 0 Å². The van der Waals surface area contributed by atoms with Crippen molar-refractivity contribution < 1.29 is 9.66 Å². The SMILES string of the molecule is CCOc1ccc(/C=N\n2c(C)nnc2SCn2nc(C)c([N+](=O)[O-])c2C)cc1. The maximum atomic E-state index is 11.2. The Morgan fingerprint density at radius 1 is 1.24 bits per heavy atom. The summed E-state index contributed by atoms with van der Waals surface area (Å²) in [5.41, 5.74) is 1.84. The highest BCUT2D eigenvalue weighted by atomic mass is 32.2. The standard InChI is InChI=1S/C18H21N7O3S/c1-5-28-16-8-6-15(7-9-16)10-19-24-14(4)20-21-18(24)29-11-23-13(3)17(25(26)27)12(2)22-23/h6-10H,5,11H2,1-4H3/b19-10-. The van der Waals surface area contributed by atoms with E-state index in [-0.39, 0.29) is 5.69 Å². The van der Waals surface area contributed by atoms with Crippen molar-refractivity contribution in [2.45, 2.75) is 38.7 Å². The fourth-order valence-electron chi connectivity index (χ4n) is 2.70. The molecule has 0 N–H and O–H groups in total. The summed E-state index contributed by atoms with van der Waals surface area (Å²) >= 11 is 1.35. The van der Waals surface area contributed by atoms with Gasteiger partial charge in [0.2, 0.25) is 5.16 Å². The Hall–Kier alpha value is -3.21. The molecular weight excluding hydrogens is 394 g/mol. The second-order valence-corrected chi connectivity index (χ2v) is 7.05. The van der Waals surface area contributed by atoms with Crippen molar-refractivity contribution in [1.82, 2.24) is 24.7 Å². The molecule has 2 aromatic heterocycles. The number of hydrogen-bond donors (Lipinski definition) is 0. The molecule has 29 heavy (non-hydrogen) atoms. The van der Waals surface area contributed by atoms with Crippen molar-refractivity contribution in [2.75, 3.05) is 6.61 Å². The molecular formula is C18H21N7O3S. The zero-order valence-electron chi connectivity index (χ0n) is 16.6. The lowest BCUT2D eigenvalue weighted by molar-refractivity contribution is -0.386. The molecule has 0 saturated carbocycles. The summed E-state index contributed by atoms with van der Waals surface area (Å²) in [5, 5.41) is 28.7. The number of aryl methyl sites for hydroxylation is 2. The lowest BCUT2D eigenvalue weighted by atomic mass is 10.2. The van der Waals surface area contributed by atoms with E-state index < -0.39 is 4.92 Å². The van der Waals surface area contributed by atoms with Crippen LogP contribution >= 0.6 is 11.8 Å². The number of nitro groups is 1. The van der Waals surface area contributed by atoms with Gasteiger partial charge in [-0.2, -0.15) is 14.9 Å². The first-order valence-corrected chi connectivity index (χ1v) is 9.89. The Labute approximate surface area is 171 Å². The highest BCUT2D eigenvalue weighted by Crippen LogP contribution is 2.25. The number of nitrogens with zero attached hydrogens (tertiary/aromatic N) is 7. The number of ether oxygens (including phenoxy) is 1. The van der Waals surface area contributed by atoms with Crippen LogP contribution in [-0.2, 0) is 5.88 Å². The third-order valence-corrected chi connectivity index (χ3v) is 5.01. The predicted molar refractivity (Wildman–Crippen MR) is 110 cm³/mol. The van der Waals surface area contributed by atoms with Gasteiger partial charge in [-0.1, -0.05) is 11.8 Å². The molecule has 11 heteroatoms. The maximum absolute atomic E-state index is 11.2. The molecule has 0 aliphatic rings. The van der Waals surface area contributed by atoms with Gasteiger partial charge in [-0.15, -0.1) is 10.2 Å². The minimum Gasteiger partial charge on any atom is -0.494 e. The Morgan fingerprint density at radius 2 is 1.97 bits per heavy atom. The van der Waals surface area contributed by atoms with Gasteiger partial charge in [0.15, 0.2) is 5.82 Å². The Bertz CT molecular complexity index is 1040. The van der Waals surface area contributed by atoms with Crippen LogP contribution in [0.25, 0.3) is 0 Å². The molecule has 1 aromatic carbocycles. The average Bonchev–Trinajstić information content (AvgIpc) is 3.18. The summed E-state index contributed by atoms with van der Waals surface area (Å²) in [4.78, 5) is 10.7. The van der Waals surface area contributed by atoms with Gasteiger partial charge in [0.1, 0.15) is 17.1 Å². The van der Waals surface area contributed by atoms with E-state index in [4.69, 9.17) is 4.74 Å². The number of benzene rings is 1. The monoisotopic (exact) mass is 415 g/mol. The molecule has 0 unspecified atom stereocenters. The summed E-state index contributed by atoms with van der Waals surface area (Å²) in [7, 11) is 0. The van der Waals surface area contributed by atoms with Gasteiger partial charge in [-0.3, -0.25) is 14.8 Å². The van der Waals surface area contributed by atoms with E-state index in [1.54, 1.807) is 36.3 Å². The Kier molecular flexibility index (Phi) is 6.27. The third kappa shape index (κ3) is 4.62. The van der Waals surface area contributed by atoms with Crippen molar-refractivity contribution in [3.05, 3.63) is 57.2 Å². The molecule has 3 rings (SSSR count). The maximum Gasteiger partial charge on any atom is 0.312 e. The van der Waals surface area contributed by atoms with Crippen LogP contribution in [0.3, 0.4) is 0 Å². The van der Waals surface area contributed by atoms with Crippen molar-refractivity contribution in [3.63, 3.8) is 0 Å². The molecule has 0 atom stereocenters. The van der Waals surface area contributed by atoms with E-state index in [9.17, 15) is 10.1 Å². The van der Waals surface area contributed by atoms with Crippen molar-refractivity contribution >= 4 is 23.7 Å². The topological polar surface area (TPSA) is 113 Å². The molecule has 0 spiro atoms. The summed E-state index contributed by atoms with van der Waals surface area (Å²) in [6.07, 6.45) is 1.71. The second-order valence-electron chi connectivity index (χ2n) is 6.14. The Balaban J connectivity index is 1.74. The number of aromatic nitrogens is 5. The molecule has 0 amide bonds. The lowest BCUT2D eigenvalue weighted by Crippen LogP contribution is -2.02. The van der Waals surface area contributed by atoms with Crippen LogP contribution in [-0.4, -0.2) is 42.4 Å². The van der Waals surface area contributed by atoms with Gasteiger partial charge >= 0.3 is 5.69 Å². The van der Waals surface area contributed by atoms with Crippen molar-refractivity contribution in [1.29, 1.82) is 0 Å². The van der Waals surface area contributed by atoms with Crippen LogP contribution in [0.2, 0.25) is 0 Å². The zero-order chi connectivity index (χ0) is 21.0. The molecule has 10 nitrogen and oxygen atoms in total. The van der Waals surface area contributed by atoms with Crippen LogP contribution in [0.1, 0.15) is 29.7 Å². The van der Waals surface area contributed by atoms with Crippen molar-refractivity contribution in [2.24, 2.45) is 5.10 Å². The Morgan fingerprint density at radius 3 is 2.59 bits per heavy atom. The van der Waals surface area contributed by atoms with E-state index in [1.165, 1.54) is 11.8 Å². The molecule has 0 aliphatic heterocycles. The second kappa shape index (κ2) is 8.86. The summed E-state index contributed by atoms with van der Waals surface area (Å²) in [6, 6.07) is 7.59. The number of hydrogen-bond acceptors (Lipinski definition) is 8. The third-order valence-electron chi connectivity index (χ3n) is 4.12. The largest absolute Gasteiger partial charge is 0.494 e. The predicted octanol–water partition coefficient (Wildman–Crippen LogP) is 3.34. The quantitative estimate of drug-likeness (QED) is 0.240.